The van der Waals surface area contributed by atoms with Crippen LogP contribution in [0.3, 0.4) is 0 Å². The van der Waals surface area contributed by atoms with Crippen molar-refractivity contribution in [3.8, 4) is 11.3 Å². The van der Waals surface area contributed by atoms with Gasteiger partial charge in [-0.2, -0.15) is 0 Å². The van der Waals surface area contributed by atoms with Crippen molar-refractivity contribution in [2.45, 2.75) is 18.9 Å². The molecular weight excluding hydrogens is 332 g/mol. The SMILES string of the molecule is COC1CCCN(c2nn3cc(-c4ccc(Cl)cc4)nc3s2)C1. The fourth-order valence-corrected chi connectivity index (χ4v) is 3.93. The van der Waals surface area contributed by atoms with Gasteiger partial charge in [-0.15, -0.1) is 5.10 Å². The molecule has 1 aromatic carbocycles. The van der Waals surface area contributed by atoms with Crippen molar-refractivity contribution in [1.82, 2.24) is 14.6 Å². The fourth-order valence-electron chi connectivity index (χ4n) is 2.88. The number of rotatable bonds is 3. The van der Waals surface area contributed by atoms with Gasteiger partial charge in [0.05, 0.1) is 18.0 Å². The molecule has 0 radical (unpaired) electrons. The molecule has 23 heavy (non-hydrogen) atoms. The number of methoxy groups -OCH3 is 1. The van der Waals surface area contributed by atoms with E-state index in [4.69, 9.17) is 16.3 Å². The van der Waals surface area contributed by atoms with Crippen molar-refractivity contribution in [2.24, 2.45) is 0 Å². The topological polar surface area (TPSA) is 42.7 Å². The molecule has 0 amide bonds. The van der Waals surface area contributed by atoms with Crippen LogP contribution in [0.1, 0.15) is 12.8 Å². The van der Waals surface area contributed by atoms with E-state index in [1.165, 1.54) is 0 Å². The highest BCUT2D eigenvalue weighted by Crippen LogP contribution is 2.29. The van der Waals surface area contributed by atoms with E-state index in [1.54, 1.807) is 18.4 Å². The van der Waals surface area contributed by atoms with Gasteiger partial charge >= 0.3 is 0 Å². The zero-order valence-corrected chi connectivity index (χ0v) is 14.3. The molecule has 120 valence electrons. The summed E-state index contributed by atoms with van der Waals surface area (Å²) in [6, 6.07) is 7.70. The minimum Gasteiger partial charge on any atom is -0.380 e. The van der Waals surface area contributed by atoms with Gasteiger partial charge in [0.25, 0.3) is 0 Å². The maximum absolute atomic E-state index is 5.94. The van der Waals surface area contributed by atoms with Gasteiger partial charge in [-0.25, -0.2) is 9.50 Å². The van der Waals surface area contributed by atoms with Crippen molar-refractivity contribution in [3.63, 3.8) is 0 Å². The van der Waals surface area contributed by atoms with Gasteiger partial charge in [-0.05, 0) is 25.0 Å². The molecule has 0 N–H and O–H groups in total. The number of imidazole rings is 1. The third kappa shape index (κ3) is 2.94. The Morgan fingerprint density at radius 1 is 1.30 bits per heavy atom. The number of anilines is 1. The minimum absolute atomic E-state index is 0.296. The predicted octanol–water partition coefficient (Wildman–Crippen LogP) is 3.73. The van der Waals surface area contributed by atoms with E-state index >= 15 is 0 Å². The first-order valence-electron chi connectivity index (χ1n) is 7.63. The molecule has 0 bridgehead atoms. The second kappa shape index (κ2) is 6.11. The summed E-state index contributed by atoms with van der Waals surface area (Å²) in [6.45, 7) is 1.93. The van der Waals surface area contributed by atoms with Gasteiger partial charge in [-0.3, -0.25) is 0 Å². The van der Waals surface area contributed by atoms with Crippen LogP contribution >= 0.6 is 22.9 Å². The number of benzene rings is 1. The van der Waals surface area contributed by atoms with Gasteiger partial charge in [0.15, 0.2) is 0 Å². The Balaban J connectivity index is 1.60. The number of fused-ring (bicyclic) bond motifs is 1. The Hall–Kier alpha value is -1.63. The van der Waals surface area contributed by atoms with Crippen LogP contribution in [0.5, 0.6) is 0 Å². The highest BCUT2D eigenvalue weighted by Gasteiger charge is 2.22. The summed E-state index contributed by atoms with van der Waals surface area (Å²) >= 11 is 7.56. The lowest BCUT2D eigenvalue weighted by Crippen LogP contribution is -2.39. The predicted molar refractivity (Wildman–Crippen MR) is 93.6 cm³/mol. The summed E-state index contributed by atoms with van der Waals surface area (Å²) in [7, 11) is 1.78. The Morgan fingerprint density at radius 3 is 2.87 bits per heavy atom. The van der Waals surface area contributed by atoms with Crippen LogP contribution in [0, 0.1) is 0 Å². The van der Waals surface area contributed by atoms with Crippen molar-refractivity contribution >= 4 is 33.0 Å². The monoisotopic (exact) mass is 348 g/mol. The molecule has 4 rings (SSSR count). The summed E-state index contributed by atoms with van der Waals surface area (Å²) in [4.78, 5) is 7.88. The number of aromatic nitrogens is 3. The first-order chi connectivity index (χ1) is 11.2. The van der Waals surface area contributed by atoms with E-state index in [2.05, 4.69) is 15.0 Å². The molecule has 3 heterocycles. The van der Waals surface area contributed by atoms with Crippen LogP contribution < -0.4 is 4.90 Å². The van der Waals surface area contributed by atoms with E-state index in [9.17, 15) is 0 Å². The number of nitrogens with zero attached hydrogens (tertiary/aromatic N) is 4. The maximum Gasteiger partial charge on any atom is 0.214 e. The quantitative estimate of drug-likeness (QED) is 0.723. The Labute approximate surface area is 143 Å². The molecule has 1 fully saturated rings. The number of piperidine rings is 1. The summed E-state index contributed by atoms with van der Waals surface area (Å²) in [5, 5.41) is 6.43. The smallest absolute Gasteiger partial charge is 0.214 e. The lowest BCUT2D eigenvalue weighted by molar-refractivity contribution is 0.0893. The molecule has 3 aromatic rings. The van der Waals surface area contributed by atoms with E-state index in [0.29, 0.717) is 6.10 Å². The average molecular weight is 349 g/mol. The van der Waals surface area contributed by atoms with Crippen LogP contribution in [0.25, 0.3) is 16.2 Å². The third-order valence-electron chi connectivity index (χ3n) is 4.15. The third-order valence-corrected chi connectivity index (χ3v) is 5.39. The average Bonchev–Trinajstić information content (AvgIpc) is 3.14. The molecule has 1 unspecified atom stereocenters. The van der Waals surface area contributed by atoms with Crippen molar-refractivity contribution in [3.05, 3.63) is 35.5 Å². The van der Waals surface area contributed by atoms with Gasteiger partial charge in [0, 0.05) is 30.8 Å². The second-order valence-electron chi connectivity index (χ2n) is 5.69. The minimum atomic E-state index is 0.296. The largest absolute Gasteiger partial charge is 0.380 e. The van der Waals surface area contributed by atoms with Gasteiger partial charge in [-0.1, -0.05) is 35.1 Å². The summed E-state index contributed by atoms with van der Waals surface area (Å²) < 4.78 is 7.35. The molecule has 1 aliphatic rings. The lowest BCUT2D eigenvalue weighted by atomic mass is 10.1. The Bertz CT molecular complexity index is 782. The van der Waals surface area contributed by atoms with Crippen molar-refractivity contribution in [2.75, 3.05) is 25.1 Å². The lowest BCUT2D eigenvalue weighted by Gasteiger charge is -2.31. The molecule has 1 atom stereocenters. The molecule has 1 aliphatic heterocycles. The molecule has 5 nitrogen and oxygen atoms in total. The Morgan fingerprint density at radius 2 is 2.13 bits per heavy atom. The molecular formula is C16H17ClN4OS. The first-order valence-corrected chi connectivity index (χ1v) is 8.82. The Kier molecular flexibility index (Phi) is 3.97. The van der Waals surface area contributed by atoms with Crippen LogP contribution in [0.15, 0.2) is 30.5 Å². The fraction of sp³-hybridized carbons (Fsp3) is 0.375. The van der Waals surface area contributed by atoms with Gasteiger partial charge in [0.2, 0.25) is 10.1 Å². The molecule has 2 aromatic heterocycles. The molecule has 0 saturated carbocycles. The highest BCUT2D eigenvalue weighted by atomic mass is 35.5. The molecule has 0 aliphatic carbocycles. The van der Waals surface area contributed by atoms with Crippen LogP contribution in [-0.2, 0) is 4.74 Å². The number of hydrogen-bond donors (Lipinski definition) is 0. The molecule has 0 spiro atoms. The summed E-state index contributed by atoms with van der Waals surface area (Å²) in [6.07, 6.45) is 4.52. The van der Waals surface area contributed by atoms with E-state index in [-0.39, 0.29) is 0 Å². The van der Waals surface area contributed by atoms with Crippen molar-refractivity contribution in [1.29, 1.82) is 0 Å². The normalized spacial score (nSPS) is 18.7. The van der Waals surface area contributed by atoms with Gasteiger partial charge < -0.3 is 9.64 Å². The first kappa shape index (κ1) is 14.9. The maximum atomic E-state index is 5.94. The number of halogens is 1. The standard InChI is InChI=1S/C16H17ClN4OS/c1-22-13-3-2-8-20(9-13)16-19-21-10-14(18-15(21)23-16)11-4-6-12(17)7-5-11/h4-7,10,13H,2-3,8-9H2,1H3. The van der Waals surface area contributed by atoms with Gasteiger partial charge in [0.1, 0.15) is 0 Å². The van der Waals surface area contributed by atoms with Crippen LogP contribution in [-0.4, -0.2) is 40.9 Å². The van der Waals surface area contributed by atoms with E-state index in [0.717, 1.165) is 52.3 Å². The second-order valence-corrected chi connectivity index (χ2v) is 7.06. The van der Waals surface area contributed by atoms with Crippen LogP contribution in [0.4, 0.5) is 5.13 Å². The molecule has 1 saturated heterocycles. The van der Waals surface area contributed by atoms with Crippen molar-refractivity contribution < 1.29 is 4.74 Å². The number of ether oxygens (including phenoxy) is 1. The highest BCUT2D eigenvalue weighted by molar-refractivity contribution is 7.20. The van der Waals surface area contributed by atoms with E-state index < -0.39 is 0 Å². The number of hydrogen-bond acceptors (Lipinski definition) is 5. The van der Waals surface area contributed by atoms with E-state index in [1.807, 2.05) is 35.0 Å². The van der Waals surface area contributed by atoms with Crippen LogP contribution in [0.2, 0.25) is 5.02 Å². The summed E-state index contributed by atoms with van der Waals surface area (Å²) in [5.41, 5.74) is 1.96. The zero-order valence-electron chi connectivity index (χ0n) is 12.8. The summed E-state index contributed by atoms with van der Waals surface area (Å²) in [5.74, 6) is 0. The molecule has 7 heteroatoms. The zero-order chi connectivity index (χ0) is 15.8.